The molecule has 0 amide bonds. The molecule has 0 saturated carbocycles. The maximum Gasteiger partial charge on any atom is 0.143 e. The highest BCUT2D eigenvalue weighted by Gasteiger charge is 2.04. The Morgan fingerprint density at radius 3 is 2.68 bits per heavy atom. The lowest BCUT2D eigenvalue weighted by molar-refractivity contribution is 0.854. The maximum atomic E-state index is 5.44. The average molecular weight is 274 g/mol. The smallest absolute Gasteiger partial charge is 0.143 e. The van der Waals surface area contributed by atoms with Crippen molar-refractivity contribution in [2.24, 2.45) is 5.84 Å². The molecule has 0 spiro atoms. The summed E-state index contributed by atoms with van der Waals surface area (Å²) in [7, 11) is 0. The van der Waals surface area contributed by atoms with Crippen LogP contribution in [0.25, 0.3) is 0 Å². The first-order valence-corrected chi connectivity index (χ1v) is 7.31. The van der Waals surface area contributed by atoms with E-state index in [1.807, 2.05) is 24.3 Å². The van der Waals surface area contributed by atoms with Crippen molar-refractivity contribution in [1.82, 2.24) is 9.97 Å². The molecule has 0 fully saturated rings. The predicted octanol–water partition coefficient (Wildman–Crippen LogP) is 3.01. The van der Waals surface area contributed by atoms with E-state index in [1.165, 1.54) is 4.90 Å². The first-order valence-electron chi connectivity index (χ1n) is 6.33. The number of aryl methyl sites for hydroxylation is 1. The summed E-state index contributed by atoms with van der Waals surface area (Å²) < 4.78 is 0. The van der Waals surface area contributed by atoms with Crippen LogP contribution in [-0.2, 0) is 12.2 Å². The van der Waals surface area contributed by atoms with Gasteiger partial charge < -0.3 is 5.43 Å². The Kier molecular flexibility index (Phi) is 5.18. The second kappa shape index (κ2) is 7.11. The summed E-state index contributed by atoms with van der Waals surface area (Å²) in [6.07, 6.45) is 2.01. The SMILES string of the molecule is CCCc1cc(NN)nc(CSc2ccccc2)n1. The Bertz CT molecular complexity index is 516. The number of hydrogen-bond acceptors (Lipinski definition) is 5. The molecule has 0 aliphatic carbocycles. The highest BCUT2D eigenvalue weighted by Crippen LogP contribution is 2.21. The van der Waals surface area contributed by atoms with Crippen LogP contribution >= 0.6 is 11.8 Å². The fourth-order valence-electron chi connectivity index (χ4n) is 1.74. The van der Waals surface area contributed by atoms with E-state index < -0.39 is 0 Å². The Morgan fingerprint density at radius 1 is 1.21 bits per heavy atom. The van der Waals surface area contributed by atoms with Crippen molar-refractivity contribution < 1.29 is 0 Å². The molecule has 0 unspecified atom stereocenters. The van der Waals surface area contributed by atoms with Crippen LogP contribution in [0.4, 0.5) is 5.82 Å². The van der Waals surface area contributed by atoms with Crippen molar-refractivity contribution >= 4 is 17.6 Å². The van der Waals surface area contributed by atoms with E-state index in [2.05, 4.69) is 34.5 Å². The van der Waals surface area contributed by atoms with E-state index in [0.717, 1.165) is 30.1 Å². The zero-order chi connectivity index (χ0) is 13.5. The number of benzene rings is 1. The van der Waals surface area contributed by atoms with Gasteiger partial charge in [-0.05, 0) is 18.6 Å². The summed E-state index contributed by atoms with van der Waals surface area (Å²) in [4.78, 5) is 10.2. The van der Waals surface area contributed by atoms with Crippen LogP contribution in [0, 0.1) is 0 Å². The van der Waals surface area contributed by atoms with E-state index in [-0.39, 0.29) is 0 Å². The van der Waals surface area contributed by atoms with Gasteiger partial charge in [-0.15, -0.1) is 11.8 Å². The van der Waals surface area contributed by atoms with Crippen molar-refractivity contribution in [3.63, 3.8) is 0 Å². The van der Waals surface area contributed by atoms with E-state index in [0.29, 0.717) is 5.82 Å². The zero-order valence-electron chi connectivity index (χ0n) is 11.0. The molecule has 1 aromatic heterocycles. The lowest BCUT2D eigenvalue weighted by Crippen LogP contribution is -2.11. The second-order valence-corrected chi connectivity index (χ2v) is 5.21. The molecule has 1 aromatic carbocycles. The molecule has 0 saturated heterocycles. The number of nitrogens with two attached hydrogens (primary N) is 1. The van der Waals surface area contributed by atoms with Crippen molar-refractivity contribution in [2.75, 3.05) is 5.43 Å². The van der Waals surface area contributed by atoms with Gasteiger partial charge in [-0.1, -0.05) is 31.5 Å². The molecule has 0 atom stereocenters. The van der Waals surface area contributed by atoms with Gasteiger partial charge >= 0.3 is 0 Å². The Hall–Kier alpha value is -1.59. The lowest BCUT2D eigenvalue weighted by Gasteiger charge is -2.07. The Morgan fingerprint density at radius 2 is 2.00 bits per heavy atom. The van der Waals surface area contributed by atoms with Crippen LogP contribution in [0.1, 0.15) is 24.9 Å². The molecule has 5 heteroatoms. The van der Waals surface area contributed by atoms with Crippen LogP contribution in [0.15, 0.2) is 41.3 Å². The van der Waals surface area contributed by atoms with Gasteiger partial charge in [0.05, 0.1) is 5.75 Å². The normalized spacial score (nSPS) is 10.4. The third-order valence-electron chi connectivity index (χ3n) is 2.59. The summed E-state index contributed by atoms with van der Waals surface area (Å²) in [5, 5.41) is 0. The number of thioether (sulfide) groups is 1. The number of nitrogens with zero attached hydrogens (tertiary/aromatic N) is 2. The molecule has 19 heavy (non-hydrogen) atoms. The van der Waals surface area contributed by atoms with Gasteiger partial charge in [0.1, 0.15) is 11.6 Å². The summed E-state index contributed by atoms with van der Waals surface area (Å²) in [6.45, 7) is 2.13. The Balaban J connectivity index is 2.08. The molecular formula is C14H18N4S. The molecule has 3 N–H and O–H groups in total. The van der Waals surface area contributed by atoms with Gasteiger partial charge in [0.2, 0.25) is 0 Å². The number of hydrogen-bond donors (Lipinski definition) is 2. The molecule has 100 valence electrons. The summed E-state index contributed by atoms with van der Waals surface area (Å²) in [5.74, 6) is 7.69. The highest BCUT2D eigenvalue weighted by atomic mass is 32.2. The summed E-state index contributed by atoms with van der Waals surface area (Å²) in [6, 6.07) is 12.2. The van der Waals surface area contributed by atoms with Gasteiger partial charge in [-0.25, -0.2) is 15.8 Å². The molecule has 1 heterocycles. The van der Waals surface area contributed by atoms with Crippen molar-refractivity contribution in [3.05, 3.63) is 47.9 Å². The second-order valence-electron chi connectivity index (χ2n) is 4.16. The summed E-state index contributed by atoms with van der Waals surface area (Å²) >= 11 is 1.73. The first-order chi connectivity index (χ1) is 9.31. The van der Waals surface area contributed by atoms with E-state index in [4.69, 9.17) is 5.84 Å². The van der Waals surface area contributed by atoms with Gasteiger partial charge in [-0.2, -0.15) is 0 Å². The van der Waals surface area contributed by atoms with Crippen LogP contribution in [0.3, 0.4) is 0 Å². The molecule has 0 bridgehead atoms. The molecule has 2 rings (SSSR count). The first kappa shape index (κ1) is 13.8. The van der Waals surface area contributed by atoms with Crippen LogP contribution in [-0.4, -0.2) is 9.97 Å². The molecule has 4 nitrogen and oxygen atoms in total. The van der Waals surface area contributed by atoms with Crippen LogP contribution < -0.4 is 11.3 Å². The van der Waals surface area contributed by atoms with E-state index >= 15 is 0 Å². The molecule has 0 aliphatic heterocycles. The third-order valence-corrected chi connectivity index (χ3v) is 3.60. The van der Waals surface area contributed by atoms with Crippen LogP contribution in [0.2, 0.25) is 0 Å². The van der Waals surface area contributed by atoms with E-state index in [1.54, 1.807) is 11.8 Å². The zero-order valence-corrected chi connectivity index (χ0v) is 11.8. The number of anilines is 1. The van der Waals surface area contributed by atoms with Gasteiger partial charge in [-0.3, -0.25) is 0 Å². The number of nitrogen functional groups attached to an aromatic ring is 1. The molecular weight excluding hydrogens is 256 g/mol. The fourth-order valence-corrected chi connectivity index (χ4v) is 2.51. The molecule has 2 aromatic rings. The van der Waals surface area contributed by atoms with Crippen LogP contribution in [0.5, 0.6) is 0 Å². The highest BCUT2D eigenvalue weighted by molar-refractivity contribution is 7.98. The lowest BCUT2D eigenvalue weighted by atomic mass is 10.2. The maximum absolute atomic E-state index is 5.44. The number of nitrogens with one attached hydrogen (secondary N) is 1. The monoisotopic (exact) mass is 274 g/mol. The quantitative estimate of drug-likeness (QED) is 0.481. The predicted molar refractivity (Wildman–Crippen MR) is 79.8 cm³/mol. The minimum atomic E-state index is 0.683. The van der Waals surface area contributed by atoms with Crippen molar-refractivity contribution in [3.8, 4) is 0 Å². The summed E-state index contributed by atoms with van der Waals surface area (Å²) in [5.41, 5.74) is 3.64. The van der Waals surface area contributed by atoms with E-state index in [9.17, 15) is 0 Å². The topological polar surface area (TPSA) is 63.8 Å². The molecule has 0 aliphatic rings. The standard InChI is InChI=1S/C14H18N4S/c1-2-6-11-9-13(18-15)17-14(16-11)10-19-12-7-4-3-5-8-12/h3-5,7-9H,2,6,10,15H2,1H3,(H,16,17,18). The number of aromatic nitrogens is 2. The average Bonchev–Trinajstić information content (AvgIpc) is 2.46. The van der Waals surface area contributed by atoms with Gasteiger partial charge in [0.25, 0.3) is 0 Å². The fraction of sp³-hybridized carbons (Fsp3) is 0.286. The van der Waals surface area contributed by atoms with Gasteiger partial charge in [0.15, 0.2) is 0 Å². The van der Waals surface area contributed by atoms with Crippen molar-refractivity contribution in [2.45, 2.75) is 30.4 Å². The minimum Gasteiger partial charge on any atom is -0.308 e. The third kappa shape index (κ3) is 4.22. The largest absolute Gasteiger partial charge is 0.308 e. The van der Waals surface area contributed by atoms with Gasteiger partial charge in [0, 0.05) is 16.7 Å². The number of rotatable bonds is 6. The molecule has 0 radical (unpaired) electrons. The Labute approximate surface area is 117 Å². The number of hydrazine groups is 1. The van der Waals surface area contributed by atoms with Crippen molar-refractivity contribution in [1.29, 1.82) is 0 Å². The minimum absolute atomic E-state index is 0.683.